The van der Waals surface area contributed by atoms with Gasteiger partial charge in [0.1, 0.15) is 5.82 Å². The average Bonchev–Trinajstić information content (AvgIpc) is 3.11. The molecule has 4 rings (SSSR count). The molecule has 1 heterocycles. The number of anilines is 1. The summed E-state index contributed by atoms with van der Waals surface area (Å²) in [5.41, 5.74) is 4.05. The minimum absolute atomic E-state index is 0.194. The highest BCUT2D eigenvalue weighted by Crippen LogP contribution is 2.38. The van der Waals surface area contributed by atoms with E-state index in [1.165, 1.54) is 41.1 Å². The highest BCUT2D eigenvalue weighted by Gasteiger charge is 2.35. The summed E-state index contributed by atoms with van der Waals surface area (Å²) in [5, 5.41) is 0.771. The Balaban J connectivity index is 1.78. The van der Waals surface area contributed by atoms with Crippen molar-refractivity contribution in [2.24, 2.45) is 4.99 Å². The van der Waals surface area contributed by atoms with Crippen molar-refractivity contribution in [1.82, 2.24) is 0 Å². The first-order valence-electron chi connectivity index (χ1n) is 10.4. The monoisotopic (exact) mass is 464 g/mol. The highest BCUT2D eigenvalue weighted by molar-refractivity contribution is 8.19. The van der Waals surface area contributed by atoms with Crippen LogP contribution in [0.5, 0.6) is 0 Å². The third kappa shape index (κ3) is 4.64. The molecule has 1 saturated heterocycles. The predicted octanol–water partition coefficient (Wildman–Crippen LogP) is 7.41. The van der Waals surface area contributed by atoms with Gasteiger partial charge in [-0.2, -0.15) is 0 Å². The van der Waals surface area contributed by atoms with Crippen molar-refractivity contribution in [3.63, 3.8) is 0 Å². The molecule has 0 spiro atoms. The fourth-order valence-electron chi connectivity index (χ4n) is 3.35. The normalized spacial score (nSPS) is 16.4. The van der Waals surface area contributed by atoms with E-state index < -0.39 is 5.82 Å². The van der Waals surface area contributed by atoms with Crippen molar-refractivity contribution < 1.29 is 9.18 Å². The van der Waals surface area contributed by atoms with E-state index in [-0.39, 0.29) is 16.5 Å². The fourth-order valence-corrected chi connectivity index (χ4v) is 4.55. The minimum Gasteiger partial charge on any atom is -0.268 e. The lowest BCUT2D eigenvalue weighted by molar-refractivity contribution is -0.113. The molecule has 6 heteroatoms. The molecule has 3 nitrogen and oxygen atoms in total. The number of aryl methyl sites for hydroxylation is 2. The van der Waals surface area contributed by atoms with Crippen LogP contribution >= 0.6 is 23.4 Å². The molecule has 162 valence electrons. The number of carbonyl (C=O) groups excluding carboxylic acids is 1. The van der Waals surface area contributed by atoms with Crippen molar-refractivity contribution >= 4 is 51.9 Å². The molecule has 0 saturated carbocycles. The van der Waals surface area contributed by atoms with Crippen molar-refractivity contribution in [2.75, 3.05) is 4.90 Å². The number of halogens is 2. The maximum Gasteiger partial charge on any atom is 0.271 e. The summed E-state index contributed by atoms with van der Waals surface area (Å²) in [7, 11) is 0. The molecule has 0 radical (unpaired) electrons. The smallest absolute Gasteiger partial charge is 0.268 e. The van der Waals surface area contributed by atoms with E-state index in [9.17, 15) is 9.18 Å². The number of amidine groups is 1. The van der Waals surface area contributed by atoms with Crippen LogP contribution in [-0.4, -0.2) is 11.1 Å². The summed E-state index contributed by atoms with van der Waals surface area (Å²) >= 11 is 7.40. The Bertz CT molecular complexity index is 1180. The molecule has 1 aliphatic heterocycles. The average molecular weight is 465 g/mol. The Morgan fingerprint density at radius 1 is 0.969 bits per heavy atom. The molecular weight excluding hydrogens is 443 g/mol. The Morgan fingerprint density at radius 2 is 1.59 bits per heavy atom. The number of carbonyl (C=O) groups is 1. The van der Waals surface area contributed by atoms with Crippen LogP contribution in [-0.2, 0) is 17.6 Å². The molecule has 1 fully saturated rings. The van der Waals surface area contributed by atoms with Gasteiger partial charge in [-0.15, -0.1) is 0 Å². The largest absolute Gasteiger partial charge is 0.271 e. The number of nitrogens with zero attached hydrogens (tertiary/aromatic N) is 2. The second-order valence-corrected chi connectivity index (χ2v) is 8.74. The number of thioether (sulfide) groups is 1. The number of hydrogen-bond donors (Lipinski definition) is 0. The van der Waals surface area contributed by atoms with Crippen LogP contribution in [0.25, 0.3) is 6.08 Å². The number of hydrogen-bond acceptors (Lipinski definition) is 3. The Hall–Kier alpha value is -2.89. The number of aliphatic imine (C=N–C) groups is 1. The second-order valence-electron chi connectivity index (χ2n) is 7.32. The molecular formula is C26H22ClFN2OS. The Labute approximate surface area is 196 Å². The van der Waals surface area contributed by atoms with Crippen molar-refractivity contribution in [1.29, 1.82) is 0 Å². The molecule has 0 aliphatic carbocycles. The first-order valence-corrected chi connectivity index (χ1v) is 11.6. The van der Waals surface area contributed by atoms with Gasteiger partial charge in [0.2, 0.25) is 0 Å². The molecule has 3 aromatic rings. The van der Waals surface area contributed by atoms with Gasteiger partial charge < -0.3 is 0 Å². The Morgan fingerprint density at radius 3 is 2.19 bits per heavy atom. The van der Waals surface area contributed by atoms with Gasteiger partial charge in [-0.1, -0.05) is 55.8 Å². The zero-order valence-electron chi connectivity index (χ0n) is 17.8. The van der Waals surface area contributed by atoms with E-state index in [4.69, 9.17) is 16.6 Å². The summed E-state index contributed by atoms with van der Waals surface area (Å²) in [6.45, 7) is 4.18. The van der Waals surface area contributed by atoms with E-state index in [1.54, 1.807) is 11.0 Å². The molecule has 3 aromatic carbocycles. The Kier molecular flexibility index (Phi) is 6.77. The molecule has 0 N–H and O–H groups in total. The van der Waals surface area contributed by atoms with E-state index >= 15 is 0 Å². The quantitative estimate of drug-likeness (QED) is 0.368. The van der Waals surface area contributed by atoms with Crippen LogP contribution < -0.4 is 4.90 Å². The summed E-state index contributed by atoms with van der Waals surface area (Å²) in [6.07, 6.45) is 3.35. The first kappa shape index (κ1) is 22.3. The van der Waals surface area contributed by atoms with Gasteiger partial charge in [0, 0.05) is 5.56 Å². The highest BCUT2D eigenvalue weighted by atomic mass is 35.5. The van der Waals surface area contributed by atoms with Gasteiger partial charge in [0.05, 0.1) is 21.3 Å². The van der Waals surface area contributed by atoms with E-state index in [0.29, 0.717) is 15.8 Å². The van der Waals surface area contributed by atoms with Crippen molar-refractivity contribution in [3.05, 3.63) is 99.2 Å². The van der Waals surface area contributed by atoms with Crippen molar-refractivity contribution in [3.8, 4) is 0 Å². The molecule has 0 bridgehead atoms. The van der Waals surface area contributed by atoms with E-state index in [2.05, 4.69) is 13.8 Å². The van der Waals surface area contributed by atoms with Crippen LogP contribution in [0.15, 0.2) is 76.6 Å². The summed E-state index contributed by atoms with van der Waals surface area (Å²) in [5.74, 6) is -0.736. The van der Waals surface area contributed by atoms with E-state index in [1.807, 2.05) is 48.5 Å². The lowest BCUT2D eigenvalue weighted by Gasteiger charge is -2.16. The fraction of sp³-hybridized carbons (Fsp3) is 0.154. The number of benzene rings is 3. The molecule has 0 atom stereocenters. The molecule has 1 amide bonds. The summed E-state index contributed by atoms with van der Waals surface area (Å²) in [6, 6.07) is 20.2. The van der Waals surface area contributed by atoms with Gasteiger partial charge >= 0.3 is 0 Å². The summed E-state index contributed by atoms with van der Waals surface area (Å²) < 4.78 is 14.4. The van der Waals surface area contributed by atoms with Crippen LogP contribution in [0.1, 0.15) is 30.5 Å². The second kappa shape index (κ2) is 9.72. The lowest BCUT2D eigenvalue weighted by Crippen LogP contribution is -2.28. The first-order chi connectivity index (χ1) is 15.5. The third-order valence-corrected chi connectivity index (χ3v) is 6.55. The third-order valence-electron chi connectivity index (χ3n) is 5.25. The van der Waals surface area contributed by atoms with Gasteiger partial charge in [0.15, 0.2) is 5.17 Å². The van der Waals surface area contributed by atoms with Crippen LogP contribution in [0.2, 0.25) is 5.02 Å². The molecule has 32 heavy (non-hydrogen) atoms. The summed E-state index contributed by atoms with van der Waals surface area (Å²) in [4.78, 5) is 20.0. The maximum atomic E-state index is 14.4. The van der Waals surface area contributed by atoms with Crippen LogP contribution in [0, 0.1) is 5.82 Å². The van der Waals surface area contributed by atoms with Gasteiger partial charge in [-0.3, -0.25) is 9.69 Å². The predicted molar refractivity (Wildman–Crippen MR) is 133 cm³/mol. The standard InChI is InChI=1S/C26H22ClFN2OS/c1-3-17-8-12-19(13-9-17)29-26-30(20-14-10-18(4-2)11-15-20)25(31)24(32-26)16-21-22(27)6-5-7-23(21)28/h5-16H,3-4H2,1-2H3/b24-16-,29-26?. The SMILES string of the molecule is CCc1ccc(N=C2S/C(=C\c3c(F)cccc3Cl)C(=O)N2c2ccc(CC)cc2)cc1. The molecule has 1 aliphatic rings. The zero-order chi connectivity index (χ0) is 22.7. The van der Waals surface area contributed by atoms with E-state index in [0.717, 1.165) is 18.5 Å². The van der Waals surface area contributed by atoms with Gasteiger partial charge in [0.25, 0.3) is 5.91 Å². The molecule has 0 unspecified atom stereocenters. The molecule has 0 aromatic heterocycles. The van der Waals surface area contributed by atoms with Crippen LogP contribution in [0.4, 0.5) is 15.8 Å². The van der Waals surface area contributed by atoms with Gasteiger partial charge in [-0.25, -0.2) is 9.38 Å². The zero-order valence-corrected chi connectivity index (χ0v) is 19.4. The van der Waals surface area contributed by atoms with Crippen molar-refractivity contribution in [2.45, 2.75) is 26.7 Å². The minimum atomic E-state index is -0.474. The van der Waals surface area contributed by atoms with Gasteiger partial charge in [-0.05, 0) is 78.2 Å². The topological polar surface area (TPSA) is 32.7 Å². The number of amides is 1. The maximum absolute atomic E-state index is 14.4. The number of rotatable bonds is 5. The van der Waals surface area contributed by atoms with Crippen LogP contribution in [0.3, 0.4) is 0 Å². The lowest BCUT2D eigenvalue weighted by atomic mass is 10.1.